The Balaban J connectivity index is 1.71. The first-order valence-corrected chi connectivity index (χ1v) is 7.89. The van der Waals surface area contributed by atoms with Crippen molar-refractivity contribution in [2.75, 3.05) is 19.7 Å². The van der Waals surface area contributed by atoms with Crippen molar-refractivity contribution in [2.24, 2.45) is 0 Å². The second kappa shape index (κ2) is 7.05. The van der Waals surface area contributed by atoms with E-state index in [0.717, 1.165) is 5.75 Å². The lowest BCUT2D eigenvalue weighted by atomic mass is 10.1. The van der Waals surface area contributed by atoms with E-state index in [1.165, 1.54) is 0 Å². The summed E-state index contributed by atoms with van der Waals surface area (Å²) in [5.74, 6) is 1.31. The maximum atomic E-state index is 12.7. The molecular weight excluding hydrogens is 304 g/mol. The van der Waals surface area contributed by atoms with Gasteiger partial charge in [0.15, 0.2) is 17.6 Å². The Morgan fingerprint density at radius 2 is 2.04 bits per heavy atom. The van der Waals surface area contributed by atoms with Gasteiger partial charge in [0.2, 0.25) is 0 Å². The highest BCUT2D eigenvalue weighted by Gasteiger charge is 2.25. The number of para-hydroxylation sites is 2. The van der Waals surface area contributed by atoms with Gasteiger partial charge in [-0.15, -0.1) is 0 Å². The molecule has 0 bridgehead atoms. The van der Waals surface area contributed by atoms with Gasteiger partial charge < -0.3 is 14.4 Å². The zero-order chi connectivity index (χ0) is 16.9. The number of hydrogen-bond donors (Lipinski definition) is 0. The maximum Gasteiger partial charge on any atom is 0.254 e. The lowest BCUT2D eigenvalue weighted by molar-refractivity contribution is 0.0475. The van der Waals surface area contributed by atoms with Crippen molar-refractivity contribution in [3.8, 4) is 17.6 Å². The molecule has 0 saturated carbocycles. The van der Waals surface area contributed by atoms with Crippen LogP contribution in [-0.2, 0) is 0 Å². The molecule has 0 spiro atoms. The van der Waals surface area contributed by atoms with E-state index in [9.17, 15) is 4.79 Å². The minimum absolute atomic E-state index is 0.114. The summed E-state index contributed by atoms with van der Waals surface area (Å²) in [5, 5.41) is 8.98. The minimum Gasteiger partial charge on any atom is -0.486 e. The van der Waals surface area contributed by atoms with E-state index < -0.39 is 0 Å². The maximum absolute atomic E-state index is 12.7. The number of nitriles is 1. The smallest absolute Gasteiger partial charge is 0.254 e. The monoisotopic (exact) mass is 322 g/mol. The van der Waals surface area contributed by atoms with Crippen LogP contribution in [0.25, 0.3) is 0 Å². The molecule has 0 aromatic heterocycles. The lowest BCUT2D eigenvalue weighted by Crippen LogP contribution is -2.43. The molecule has 5 heteroatoms. The van der Waals surface area contributed by atoms with Crippen molar-refractivity contribution in [1.82, 2.24) is 4.90 Å². The first-order valence-electron chi connectivity index (χ1n) is 7.89. The largest absolute Gasteiger partial charge is 0.486 e. The molecule has 122 valence electrons. The van der Waals surface area contributed by atoms with Crippen LogP contribution in [0.15, 0.2) is 48.5 Å². The summed E-state index contributed by atoms with van der Waals surface area (Å²) in [7, 11) is 0. The van der Waals surface area contributed by atoms with Crippen LogP contribution in [0, 0.1) is 11.3 Å². The van der Waals surface area contributed by atoms with Gasteiger partial charge in [-0.3, -0.25) is 4.79 Å². The predicted molar refractivity (Wildman–Crippen MR) is 89.1 cm³/mol. The number of nitrogens with zero attached hydrogens (tertiary/aromatic N) is 2. The molecule has 0 fully saturated rings. The third kappa shape index (κ3) is 3.33. The molecule has 0 saturated heterocycles. The summed E-state index contributed by atoms with van der Waals surface area (Å²) >= 11 is 0. The van der Waals surface area contributed by atoms with Gasteiger partial charge in [-0.1, -0.05) is 18.2 Å². The number of benzene rings is 2. The van der Waals surface area contributed by atoms with Crippen molar-refractivity contribution in [3.05, 3.63) is 59.7 Å². The van der Waals surface area contributed by atoms with E-state index in [-0.39, 0.29) is 12.0 Å². The number of carbonyl (C=O) groups is 1. The SMILES string of the molecule is CCN(CC1COc2ccccc2O1)C(=O)c1cccc(C#N)c1. The minimum atomic E-state index is -0.219. The normalized spacial score (nSPS) is 15.4. The Morgan fingerprint density at radius 1 is 1.25 bits per heavy atom. The second-order valence-corrected chi connectivity index (χ2v) is 5.53. The number of likely N-dealkylation sites (N-methyl/N-ethyl adjacent to an activating group) is 1. The Labute approximate surface area is 141 Å². The third-order valence-corrected chi connectivity index (χ3v) is 3.90. The van der Waals surface area contributed by atoms with Gasteiger partial charge in [0, 0.05) is 12.1 Å². The molecule has 0 radical (unpaired) electrons. The predicted octanol–water partition coefficient (Wildman–Crippen LogP) is 2.86. The molecule has 2 aromatic carbocycles. The van der Waals surface area contributed by atoms with Crippen molar-refractivity contribution < 1.29 is 14.3 Å². The number of amides is 1. The Morgan fingerprint density at radius 3 is 2.79 bits per heavy atom. The summed E-state index contributed by atoms with van der Waals surface area (Å²) < 4.78 is 11.6. The Kier molecular flexibility index (Phi) is 4.66. The van der Waals surface area contributed by atoms with Gasteiger partial charge in [-0.05, 0) is 37.3 Å². The number of carbonyl (C=O) groups excluding carboxylic acids is 1. The summed E-state index contributed by atoms with van der Waals surface area (Å²) in [5.41, 5.74) is 0.983. The third-order valence-electron chi connectivity index (χ3n) is 3.90. The fourth-order valence-corrected chi connectivity index (χ4v) is 2.66. The van der Waals surface area contributed by atoms with Crippen molar-refractivity contribution in [1.29, 1.82) is 5.26 Å². The van der Waals surface area contributed by atoms with Crippen LogP contribution in [0.4, 0.5) is 0 Å². The summed E-state index contributed by atoms with van der Waals surface area (Å²) in [6, 6.07) is 16.3. The standard InChI is InChI=1S/C19H18N2O3/c1-2-21(19(22)15-7-5-6-14(10-15)11-20)12-16-13-23-17-8-3-4-9-18(17)24-16/h3-10,16H,2,12-13H2,1H3. The quantitative estimate of drug-likeness (QED) is 0.868. The first-order chi connectivity index (χ1) is 11.7. The molecule has 24 heavy (non-hydrogen) atoms. The zero-order valence-corrected chi connectivity index (χ0v) is 13.4. The molecule has 5 nitrogen and oxygen atoms in total. The molecule has 1 aliphatic rings. The number of fused-ring (bicyclic) bond motifs is 1. The molecule has 0 aliphatic carbocycles. The molecule has 0 N–H and O–H groups in total. The van der Waals surface area contributed by atoms with Gasteiger partial charge in [0.25, 0.3) is 5.91 Å². The van der Waals surface area contributed by atoms with Crippen LogP contribution in [0.2, 0.25) is 0 Å². The molecule has 1 aliphatic heterocycles. The highest BCUT2D eigenvalue weighted by atomic mass is 16.6. The van der Waals surface area contributed by atoms with E-state index in [2.05, 4.69) is 6.07 Å². The van der Waals surface area contributed by atoms with E-state index in [1.54, 1.807) is 29.2 Å². The van der Waals surface area contributed by atoms with Crippen LogP contribution in [-0.4, -0.2) is 36.6 Å². The summed E-state index contributed by atoms with van der Waals surface area (Å²) in [6.07, 6.45) is -0.219. The second-order valence-electron chi connectivity index (χ2n) is 5.53. The number of rotatable bonds is 4. The molecule has 1 atom stereocenters. The van der Waals surface area contributed by atoms with Gasteiger partial charge in [0.1, 0.15) is 6.61 Å². The molecular formula is C19H18N2O3. The van der Waals surface area contributed by atoms with E-state index in [4.69, 9.17) is 14.7 Å². The van der Waals surface area contributed by atoms with E-state index in [0.29, 0.717) is 36.6 Å². The van der Waals surface area contributed by atoms with Gasteiger partial charge in [-0.2, -0.15) is 5.26 Å². The van der Waals surface area contributed by atoms with Crippen molar-refractivity contribution >= 4 is 5.91 Å². The number of hydrogen-bond acceptors (Lipinski definition) is 4. The van der Waals surface area contributed by atoms with Crippen LogP contribution >= 0.6 is 0 Å². The molecule has 3 rings (SSSR count). The summed E-state index contributed by atoms with van der Waals surface area (Å²) in [6.45, 7) is 3.31. The van der Waals surface area contributed by atoms with Crippen LogP contribution in [0.3, 0.4) is 0 Å². The highest BCUT2D eigenvalue weighted by molar-refractivity contribution is 5.94. The van der Waals surface area contributed by atoms with Gasteiger partial charge in [-0.25, -0.2) is 0 Å². The molecule has 2 aromatic rings. The average Bonchev–Trinajstić information content (AvgIpc) is 2.65. The topological polar surface area (TPSA) is 62.6 Å². The van der Waals surface area contributed by atoms with Crippen molar-refractivity contribution in [2.45, 2.75) is 13.0 Å². The Bertz CT molecular complexity index is 782. The lowest BCUT2D eigenvalue weighted by Gasteiger charge is -2.31. The van der Waals surface area contributed by atoms with E-state index >= 15 is 0 Å². The van der Waals surface area contributed by atoms with Crippen LogP contribution in [0.1, 0.15) is 22.8 Å². The summed E-state index contributed by atoms with van der Waals surface area (Å²) in [4.78, 5) is 14.4. The Hall–Kier alpha value is -3.00. The fourth-order valence-electron chi connectivity index (χ4n) is 2.66. The first kappa shape index (κ1) is 15.9. The number of ether oxygens (including phenoxy) is 2. The molecule has 1 unspecified atom stereocenters. The fraction of sp³-hybridized carbons (Fsp3) is 0.263. The van der Waals surface area contributed by atoms with Crippen molar-refractivity contribution in [3.63, 3.8) is 0 Å². The van der Waals surface area contributed by atoms with Crippen LogP contribution < -0.4 is 9.47 Å². The van der Waals surface area contributed by atoms with E-state index in [1.807, 2.05) is 31.2 Å². The molecule has 1 amide bonds. The van der Waals surface area contributed by atoms with Gasteiger partial charge >= 0.3 is 0 Å². The van der Waals surface area contributed by atoms with Gasteiger partial charge in [0.05, 0.1) is 18.2 Å². The zero-order valence-electron chi connectivity index (χ0n) is 13.4. The molecule has 1 heterocycles. The highest BCUT2D eigenvalue weighted by Crippen LogP contribution is 2.31. The van der Waals surface area contributed by atoms with Crippen LogP contribution in [0.5, 0.6) is 11.5 Å². The average molecular weight is 322 g/mol.